The van der Waals surface area contributed by atoms with E-state index in [1.165, 1.54) is 17.7 Å². The molecule has 0 unspecified atom stereocenters. The lowest BCUT2D eigenvalue weighted by Crippen LogP contribution is -2.47. The summed E-state index contributed by atoms with van der Waals surface area (Å²) in [6, 6.07) is 21.5. The molecule has 0 aliphatic carbocycles. The second kappa shape index (κ2) is 12.1. The highest BCUT2D eigenvalue weighted by atomic mass is 32.2. The molecule has 1 fully saturated rings. The number of rotatable bonds is 9. The van der Waals surface area contributed by atoms with Crippen molar-refractivity contribution in [1.82, 2.24) is 15.2 Å². The molecule has 4 aromatic rings. The molecule has 10 nitrogen and oxygen atoms in total. The zero-order valence-electron chi connectivity index (χ0n) is 23.0. The average molecular weight is 576 g/mol. The van der Waals surface area contributed by atoms with Crippen LogP contribution in [0.5, 0.6) is 5.88 Å². The monoisotopic (exact) mass is 575 g/mol. The third kappa shape index (κ3) is 6.43. The number of aliphatic imine (C=N–C) groups is 1. The van der Waals surface area contributed by atoms with Crippen molar-refractivity contribution >= 4 is 44.0 Å². The lowest BCUT2D eigenvalue weighted by molar-refractivity contribution is 0.0601. The Morgan fingerprint density at radius 2 is 1.73 bits per heavy atom. The van der Waals surface area contributed by atoms with Crippen molar-refractivity contribution < 1.29 is 23.1 Å². The number of ether oxygens (including phenoxy) is 1. The molecule has 1 aliphatic rings. The number of hydrogen-bond acceptors (Lipinski definition) is 8. The van der Waals surface area contributed by atoms with Crippen LogP contribution in [0.4, 0.5) is 11.4 Å². The number of anilines is 1. The van der Waals surface area contributed by atoms with Crippen LogP contribution in [0.1, 0.15) is 21.5 Å². The molecule has 11 heteroatoms. The van der Waals surface area contributed by atoms with Gasteiger partial charge in [-0.15, -0.1) is 0 Å². The highest BCUT2D eigenvalue weighted by Crippen LogP contribution is 2.33. The number of carbonyl (C=O) groups excluding carboxylic acids is 1. The molecular formula is C30H33N5O5S. The number of nitrogens with one attached hydrogen (secondary N) is 2. The van der Waals surface area contributed by atoms with Gasteiger partial charge in [0, 0.05) is 55.7 Å². The predicted molar refractivity (Wildman–Crippen MR) is 161 cm³/mol. The van der Waals surface area contributed by atoms with E-state index < -0.39 is 16.0 Å². The first-order valence-electron chi connectivity index (χ1n) is 13.3. The summed E-state index contributed by atoms with van der Waals surface area (Å²) in [5.41, 5.74) is 3.85. The van der Waals surface area contributed by atoms with E-state index in [1.54, 1.807) is 42.5 Å². The van der Waals surface area contributed by atoms with Crippen LogP contribution >= 0.6 is 0 Å². The van der Waals surface area contributed by atoms with Gasteiger partial charge in [0.05, 0.1) is 41.6 Å². The smallest absolute Gasteiger partial charge is 0.337 e. The van der Waals surface area contributed by atoms with E-state index in [1.807, 2.05) is 30.3 Å². The number of aromatic amines is 1. The van der Waals surface area contributed by atoms with E-state index >= 15 is 0 Å². The quantitative estimate of drug-likeness (QED) is 0.206. The number of H-pyrrole nitrogens is 1. The molecule has 1 aliphatic heterocycles. The SMILES string of the molecule is COC(=O)c1ccc2c(C(=Nc3ccc(N(CCN4CCNCC4)S(C)(=O)=O)cc3)c3ccccc3)c(O)[nH]c2c1. The summed E-state index contributed by atoms with van der Waals surface area (Å²) in [4.78, 5) is 22.1. The molecule has 214 valence electrons. The minimum absolute atomic E-state index is 0.0857. The first-order valence-corrected chi connectivity index (χ1v) is 15.2. The number of hydrogen-bond donors (Lipinski definition) is 3. The van der Waals surface area contributed by atoms with Crippen molar-refractivity contribution in [3.63, 3.8) is 0 Å². The number of methoxy groups -OCH3 is 1. The number of carbonyl (C=O) groups is 1. The Morgan fingerprint density at radius 1 is 1.02 bits per heavy atom. The molecule has 3 N–H and O–H groups in total. The Labute approximate surface area is 239 Å². The fourth-order valence-corrected chi connectivity index (χ4v) is 5.92. The second-order valence-electron chi connectivity index (χ2n) is 9.87. The second-order valence-corrected chi connectivity index (χ2v) is 11.8. The van der Waals surface area contributed by atoms with Gasteiger partial charge in [-0.2, -0.15) is 0 Å². The number of aromatic nitrogens is 1. The van der Waals surface area contributed by atoms with E-state index in [-0.39, 0.29) is 5.88 Å². The highest BCUT2D eigenvalue weighted by molar-refractivity contribution is 7.92. The van der Waals surface area contributed by atoms with Gasteiger partial charge in [0.1, 0.15) is 0 Å². The zero-order valence-corrected chi connectivity index (χ0v) is 23.8. The Balaban J connectivity index is 1.50. The molecule has 41 heavy (non-hydrogen) atoms. The summed E-state index contributed by atoms with van der Waals surface area (Å²) in [5, 5.41) is 15.0. The van der Waals surface area contributed by atoms with Crippen LogP contribution in [0.3, 0.4) is 0 Å². The summed E-state index contributed by atoms with van der Waals surface area (Å²) in [7, 11) is -2.17. The molecule has 0 spiro atoms. The van der Waals surface area contributed by atoms with Gasteiger partial charge in [0.25, 0.3) is 0 Å². The molecular weight excluding hydrogens is 542 g/mol. The molecule has 1 saturated heterocycles. The topological polar surface area (TPSA) is 127 Å². The predicted octanol–water partition coefficient (Wildman–Crippen LogP) is 3.50. The molecule has 0 bridgehead atoms. The standard InChI is InChI=1S/C30H33N5O5S/c1-40-30(37)22-8-13-25-26(20-22)33-29(36)27(25)28(21-6-4-3-5-7-21)32-23-9-11-24(12-10-23)35(41(2,38)39)19-18-34-16-14-31-15-17-34/h3-13,20,31,33,36H,14-19H2,1-2H3. The van der Waals surface area contributed by atoms with Gasteiger partial charge in [-0.1, -0.05) is 36.4 Å². The number of fused-ring (bicyclic) bond motifs is 1. The van der Waals surface area contributed by atoms with Crippen molar-refractivity contribution in [2.75, 3.05) is 56.9 Å². The van der Waals surface area contributed by atoms with E-state index in [2.05, 4.69) is 15.2 Å². The molecule has 0 amide bonds. The van der Waals surface area contributed by atoms with Gasteiger partial charge in [-0.3, -0.25) is 9.21 Å². The lowest BCUT2D eigenvalue weighted by Gasteiger charge is -2.30. The first kappa shape index (κ1) is 28.3. The van der Waals surface area contributed by atoms with Gasteiger partial charge in [0.2, 0.25) is 10.0 Å². The van der Waals surface area contributed by atoms with Crippen molar-refractivity contribution in [1.29, 1.82) is 0 Å². The van der Waals surface area contributed by atoms with Crippen LogP contribution in [-0.4, -0.2) is 87.7 Å². The molecule has 5 rings (SSSR count). The molecule has 0 atom stereocenters. The average Bonchev–Trinajstić information content (AvgIpc) is 3.31. The minimum Gasteiger partial charge on any atom is -0.494 e. The Hall–Kier alpha value is -4.19. The summed E-state index contributed by atoms with van der Waals surface area (Å²) < 4.78 is 31.6. The third-order valence-electron chi connectivity index (χ3n) is 7.09. The zero-order chi connectivity index (χ0) is 29.0. The minimum atomic E-state index is -3.49. The van der Waals surface area contributed by atoms with Gasteiger partial charge in [0.15, 0.2) is 5.88 Å². The van der Waals surface area contributed by atoms with Crippen LogP contribution in [0, 0.1) is 0 Å². The Morgan fingerprint density at radius 3 is 2.39 bits per heavy atom. The van der Waals surface area contributed by atoms with E-state index in [4.69, 9.17) is 9.73 Å². The van der Waals surface area contributed by atoms with E-state index in [0.717, 1.165) is 31.7 Å². The maximum Gasteiger partial charge on any atom is 0.337 e. The van der Waals surface area contributed by atoms with Crippen molar-refractivity contribution in [2.45, 2.75) is 0 Å². The normalized spacial score (nSPS) is 14.7. The van der Waals surface area contributed by atoms with Crippen LogP contribution in [-0.2, 0) is 14.8 Å². The first-order chi connectivity index (χ1) is 19.7. The van der Waals surface area contributed by atoms with Crippen LogP contribution < -0.4 is 9.62 Å². The highest BCUT2D eigenvalue weighted by Gasteiger charge is 2.22. The number of aromatic hydroxyl groups is 1. The number of piperazine rings is 1. The van der Waals surface area contributed by atoms with Crippen LogP contribution in [0.15, 0.2) is 77.8 Å². The molecule has 0 saturated carbocycles. The van der Waals surface area contributed by atoms with Crippen LogP contribution in [0.25, 0.3) is 10.9 Å². The lowest BCUT2D eigenvalue weighted by atomic mass is 10.00. The van der Waals surface area contributed by atoms with E-state index in [9.17, 15) is 18.3 Å². The molecule has 0 radical (unpaired) electrons. The summed E-state index contributed by atoms with van der Waals surface area (Å²) in [6.45, 7) is 4.57. The maximum absolute atomic E-state index is 12.7. The summed E-state index contributed by atoms with van der Waals surface area (Å²) in [6.07, 6.45) is 1.22. The summed E-state index contributed by atoms with van der Waals surface area (Å²) in [5.74, 6) is -0.562. The van der Waals surface area contributed by atoms with Gasteiger partial charge in [-0.05, 0) is 36.4 Å². The van der Waals surface area contributed by atoms with Gasteiger partial charge in [-0.25, -0.2) is 18.2 Å². The maximum atomic E-state index is 12.7. The Kier molecular flexibility index (Phi) is 8.39. The van der Waals surface area contributed by atoms with E-state index in [0.29, 0.717) is 52.2 Å². The van der Waals surface area contributed by atoms with Gasteiger partial charge >= 0.3 is 5.97 Å². The number of esters is 1. The fourth-order valence-electron chi connectivity index (χ4n) is 5.00. The third-order valence-corrected chi connectivity index (χ3v) is 8.29. The fraction of sp³-hybridized carbons (Fsp3) is 0.267. The number of sulfonamides is 1. The van der Waals surface area contributed by atoms with Crippen molar-refractivity contribution in [2.24, 2.45) is 4.99 Å². The van der Waals surface area contributed by atoms with Crippen molar-refractivity contribution in [3.05, 3.63) is 89.5 Å². The van der Waals surface area contributed by atoms with Crippen molar-refractivity contribution in [3.8, 4) is 5.88 Å². The number of benzene rings is 3. The largest absolute Gasteiger partial charge is 0.494 e. The van der Waals surface area contributed by atoms with Gasteiger partial charge < -0.3 is 20.1 Å². The summed E-state index contributed by atoms with van der Waals surface area (Å²) >= 11 is 0. The van der Waals surface area contributed by atoms with Crippen LogP contribution in [0.2, 0.25) is 0 Å². The Bertz CT molecular complexity index is 1660. The molecule has 3 aromatic carbocycles. The molecule has 2 heterocycles. The molecule has 1 aromatic heterocycles. The number of nitrogens with zero attached hydrogens (tertiary/aromatic N) is 3.